The van der Waals surface area contributed by atoms with E-state index >= 15 is 0 Å². The van der Waals surface area contributed by atoms with Gasteiger partial charge in [0.15, 0.2) is 0 Å². The molecule has 3 aromatic rings. The van der Waals surface area contributed by atoms with Crippen molar-refractivity contribution in [2.45, 2.75) is 71.1 Å². The van der Waals surface area contributed by atoms with Gasteiger partial charge in [0, 0.05) is 33.3 Å². The van der Waals surface area contributed by atoms with Crippen LogP contribution in [0, 0.1) is 16.7 Å². The van der Waals surface area contributed by atoms with Crippen molar-refractivity contribution in [1.29, 1.82) is 0 Å². The number of benzene rings is 3. The van der Waals surface area contributed by atoms with Crippen molar-refractivity contribution in [1.82, 2.24) is 5.32 Å². The third-order valence-electron chi connectivity index (χ3n) is 8.70. The predicted octanol–water partition coefficient (Wildman–Crippen LogP) is 8.56. The zero-order chi connectivity index (χ0) is 23.6. The van der Waals surface area contributed by atoms with Crippen molar-refractivity contribution >= 4 is 34.0 Å². The van der Waals surface area contributed by atoms with Gasteiger partial charge < -0.3 is 10.1 Å². The molecule has 4 heteroatoms. The van der Waals surface area contributed by atoms with Crippen LogP contribution in [0.1, 0.15) is 63.5 Å². The summed E-state index contributed by atoms with van der Waals surface area (Å²) in [5.41, 5.74) is 3.27. The van der Waals surface area contributed by atoms with Gasteiger partial charge in [0.2, 0.25) is 0 Å². The van der Waals surface area contributed by atoms with Gasteiger partial charge in [-0.25, -0.2) is 0 Å². The molecule has 1 N–H and O–H groups in total. The Bertz CT molecular complexity index is 1220. The molecule has 7 rings (SSSR count). The van der Waals surface area contributed by atoms with Crippen LogP contribution in [0.2, 0.25) is 10.0 Å². The maximum Gasteiger partial charge on any atom is 0.124 e. The standard InChI is InChI=1S/C30H33Cl2NO/c1-28-12-20-13-29(2,17-28)19-30(14-20,18-28)33-15-23-22-7-4-3-6-21(22)10-11-27(23)34-16-24-25(31)8-5-9-26(24)32/h3-11,20,33H,12-19H2,1-2H3/t20?,28-,29+,30?. The average Bonchev–Trinajstić information content (AvgIpc) is 2.75. The molecule has 34 heavy (non-hydrogen) atoms. The summed E-state index contributed by atoms with van der Waals surface area (Å²) in [7, 11) is 0. The minimum Gasteiger partial charge on any atom is -0.488 e. The number of halogens is 2. The van der Waals surface area contributed by atoms with E-state index in [0.717, 1.165) is 23.8 Å². The molecule has 4 saturated carbocycles. The third kappa shape index (κ3) is 4.02. The van der Waals surface area contributed by atoms with Gasteiger partial charge in [-0.3, -0.25) is 0 Å². The monoisotopic (exact) mass is 493 g/mol. The summed E-state index contributed by atoms with van der Waals surface area (Å²) in [6.07, 6.45) is 8.11. The van der Waals surface area contributed by atoms with E-state index in [2.05, 4.69) is 55.6 Å². The second kappa shape index (κ2) is 8.15. The summed E-state index contributed by atoms with van der Waals surface area (Å²) >= 11 is 12.8. The van der Waals surface area contributed by atoms with E-state index in [-0.39, 0.29) is 5.54 Å². The van der Waals surface area contributed by atoms with Gasteiger partial charge >= 0.3 is 0 Å². The fourth-order valence-corrected chi connectivity index (χ4v) is 8.88. The van der Waals surface area contributed by atoms with E-state index in [1.54, 1.807) is 0 Å². The largest absolute Gasteiger partial charge is 0.488 e. The van der Waals surface area contributed by atoms with Gasteiger partial charge in [-0.05, 0) is 84.2 Å². The SMILES string of the molecule is C[C@]12CC3CC(NCc4c(OCc5c(Cl)cccc5Cl)ccc5ccccc45)(C1)C[C@@](C)(C3)C2. The van der Waals surface area contributed by atoms with Crippen molar-refractivity contribution in [2.24, 2.45) is 16.7 Å². The van der Waals surface area contributed by atoms with E-state index in [1.165, 1.54) is 54.9 Å². The fourth-order valence-electron chi connectivity index (χ4n) is 8.37. The van der Waals surface area contributed by atoms with Crippen LogP contribution in [0.4, 0.5) is 0 Å². The molecule has 4 bridgehead atoms. The summed E-state index contributed by atoms with van der Waals surface area (Å²) in [5, 5.41) is 7.89. The molecule has 0 saturated heterocycles. The Morgan fingerprint density at radius 2 is 1.53 bits per heavy atom. The molecule has 0 aromatic heterocycles. The average molecular weight is 495 g/mol. The van der Waals surface area contributed by atoms with E-state index < -0.39 is 0 Å². The van der Waals surface area contributed by atoms with Gasteiger partial charge in [-0.1, -0.05) is 73.4 Å². The highest BCUT2D eigenvalue weighted by Crippen LogP contribution is 2.66. The molecule has 4 aliphatic carbocycles. The van der Waals surface area contributed by atoms with E-state index in [9.17, 15) is 0 Å². The van der Waals surface area contributed by atoms with Gasteiger partial charge in [-0.2, -0.15) is 0 Å². The Morgan fingerprint density at radius 3 is 2.24 bits per heavy atom. The van der Waals surface area contributed by atoms with Gasteiger partial charge in [-0.15, -0.1) is 0 Å². The molecular formula is C30H33Cl2NO. The molecule has 2 nitrogen and oxygen atoms in total. The van der Waals surface area contributed by atoms with Crippen molar-refractivity contribution in [3.63, 3.8) is 0 Å². The Labute approximate surface area is 213 Å². The molecule has 2 unspecified atom stereocenters. The molecule has 3 aromatic carbocycles. The van der Waals surface area contributed by atoms with Crippen LogP contribution >= 0.6 is 23.2 Å². The molecule has 0 radical (unpaired) electrons. The van der Waals surface area contributed by atoms with Crippen LogP contribution in [0.15, 0.2) is 54.6 Å². The van der Waals surface area contributed by atoms with E-state index in [4.69, 9.17) is 27.9 Å². The van der Waals surface area contributed by atoms with Crippen molar-refractivity contribution < 1.29 is 4.74 Å². The number of hydrogen-bond donors (Lipinski definition) is 1. The first-order valence-corrected chi connectivity index (χ1v) is 13.3. The number of rotatable bonds is 6. The molecule has 0 aliphatic heterocycles. The smallest absolute Gasteiger partial charge is 0.124 e. The maximum atomic E-state index is 6.42. The highest BCUT2D eigenvalue weighted by atomic mass is 35.5. The third-order valence-corrected chi connectivity index (χ3v) is 9.41. The van der Waals surface area contributed by atoms with Crippen LogP contribution in [0.5, 0.6) is 5.75 Å². The number of hydrogen-bond acceptors (Lipinski definition) is 2. The van der Waals surface area contributed by atoms with Crippen molar-refractivity contribution in [3.8, 4) is 5.75 Å². The quantitative estimate of drug-likeness (QED) is 0.371. The first-order chi connectivity index (χ1) is 16.3. The Hall–Kier alpha value is -1.74. The Kier molecular flexibility index (Phi) is 5.44. The van der Waals surface area contributed by atoms with E-state index in [0.29, 0.717) is 27.5 Å². The number of nitrogens with one attached hydrogen (secondary N) is 1. The lowest BCUT2D eigenvalue weighted by atomic mass is 9.43. The number of ether oxygens (including phenoxy) is 1. The molecule has 0 heterocycles. The lowest BCUT2D eigenvalue weighted by Gasteiger charge is -2.65. The molecule has 0 spiro atoms. The summed E-state index contributed by atoms with van der Waals surface area (Å²) in [5.74, 6) is 1.77. The first kappa shape index (κ1) is 22.7. The second-order valence-corrected chi connectivity index (χ2v) is 12.8. The highest BCUT2D eigenvalue weighted by Gasteiger charge is 2.59. The first-order valence-electron chi connectivity index (χ1n) is 12.6. The zero-order valence-electron chi connectivity index (χ0n) is 20.1. The van der Waals surface area contributed by atoms with Gasteiger partial charge in [0.1, 0.15) is 12.4 Å². The lowest BCUT2D eigenvalue weighted by molar-refractivity contribution is -0.118. The summed E-state index contributed by atoms with van der Waals surface area (Å²) in [4.78, 5) is 0. The summed E-state index contributed by atoms with van der Waals surface area (Å²) in [6.45, 7) is 6.23. The van der Waals surface area contributed by atoms with Crippen LogP contribution in [0.25, 0.3) is 10.8 Å². The van der Waals surface area contributed by atoms with Gasteiger partial charge in [0.25, 0.3) is 0 Å². The molecule has 178 valence electrons. The Morgan fingerprint density at radius 1 is 0.824 bits per heavy atom. The highest BCUT2D eigenvalue weighted by molar-refractivity contribution is 6.35. The lowest BCUT2D eigenvalue weighted by Crippen LogP contribution is -2.63. The van der Waals surface area contributed by atoms with Crippen LogP contribution in [-0.4, -0.2) is 5.54 Å². The molecule has 0 amide bonds. The second-order valence-electron chi connectivity index (χ2n) is 12.0. The number of fused-ring (bicyclic) bond motifs is 1. The summed E-state index contributed by atoms with van der Waals surface area (Å²) < 4.78 is 6.40. The summed E-state index contributed by atoms with van der Waals surface area (Å²) in [6, 6.07) is 18.5. The fraction of sp³-hybridized carbons (Fsp3) is 0.467. The van der Waals surface area contributed by atoms with Crippen LogP contribution < -0.4 is 10.1 Å². The molecule has 4 aliphatic rings. The van der Waals surface area contributed by atoms with Crippen molar-refractivity contribution in [3.05, 3.63) is 75.8 Å². The van der Waals surface area contributed by atoms with Gasteiger partial charge in [0.05, 0.1) is 0 Å². The van der Waals surface area contributed by atoms with Crippen LogP contribution in [-0.2, 0) is 13.2 Å². The topological polar surface area (TPSA) is 21.3 Å². The minimum absolute atomic E-state index is 0.239. The van der Waals surface area contributed by atoms with Crippen molar-refractivity contribution in [2.75, 3.05) is 0 Å². The Balaban J connectivity index is 1.31. The molecule has 4 fully saturated rings. The molecule has 4 atom stereocenters. The zero-order valence-corrected chi connectivity index (χ0v) is 21.6. The van der Waals surface area contributed by atoms with Crippen LogP contribution in [0.3, 0.4) is 0 Å². The van der Waals surface area contributed by atoms with E-state index in [1.807, 2.05) is 18.2 Å². The minimum atomic E-state index is 0.239. The maximum absolute atomic E-state index is 6.42. The molecular weight excluding hydrogens is 461 g/mol. The normalized spacial score (nSPS) is 31.8. The predicted molar refractivity (Wildman–Crippen MR) is 142 cm³/mol.